The molecule has 0 aliphatic carbocycles. The Morgan fingerprint density at radius 3 is 2.39 bits per heavy atom. The summed E-state index contributed by atoms with van der Waals surface area (Å²) in [7, 11) is 0. The van der Waals surface area contributed by atoms with Crippen molar-refractivity contribution in [2.24, 2.45) is 11.7 Å². The van der Waals surface area contributed by atoms with Crippen LogP contribution in [-0.4, -0.2) is 53.5 Å². The van der Waals surface area contributed by atoms with Crippen LogP contribution in [0.3, 0.4) is 0 Å². The van der Waals surface area contributed by atoms with Crippen LogP contribution in [0.1, 0.15) is 19.8 Å². The third-order valence-electron chi connectivity index (χ3n) is 3.08. The van der Waals surface area contributed by atoms with Crippen molar-refractivity contribution in [2.45, 2.75) is 25.8 Å². The van der Waals surface area contributed by atoms with Gasteiger partial charge in [0.05, 0.1) is 6.54 Å². The molecule has 1 rings (SSSR count). The molecule has 1 unspecified atom stereocenters. The largest absolute Gasteiger partial charge is 0.481 e. The number of nitrogens with zero attached hydrogens (tertiary/aromatic N) is 1. The van der Waals surface area contributed by atoms with Crippen LogP contribution < -0.4 is 11.1 Å². The fourth-order valence-electron chi connectivity index (χ4n) is 1.89. The normalized spacial score (nSPS) is 19.2. The van der Waals surface area contributed by atoms with Gasteiger partial charge < -0.3 is 16.2 Å². The first-order chi connectivity index (χ1) is 8.40. The maximum Gasteiger partial charge on any atom is 0.315 e. The van der Waals surface area contributed by atoms with Gasteiger partial charge in [-0.1, -0.05) is 0 Å². The molecule has 0 radical (unpaired) electrons. The minimum absolute atomic E-state index is 0.0246. The molecule has 18 heavy (non-hydrogen) atoms. The van der Waals surface area contributed by atoms with Crippen molar-refractivity contribution in [3.63, 3.8) is 0 Å². The van der Waals surface area contributed by atoms with Crippen LogP contribution in [0.15, 0.2) is 0 Å². The number of carboxylic acid groups (broad SMARTS) is 1. The number of hydrogen-bond donors (Lipinski definition) is 3. The third-order valence-corrected chi connectivity index (χ3v) is 3.08. The number of aliphatic carboxylic acids is 1. The molecule has 102 valence electrons. The number of piperidine rings is 1. The summed E-state index contributed by atoms with van der Waals surface area (Å²) in [5, 5.41) is 11.4. The lowest BCUT2D eigenvalue weighted by Gasteiger charge is -2.31. The van der Waals surface area contributed by atoms with Gasteiger partial charge in [0.1, 0.15) is 5.92 Å². The monoisotopic (exact) mass is 257 g/mol. The van der Waals surface area contributed by atoms with Crippen LogP contribution in [0.25, 0.3) is 0 Å². The summed E-state index contributed by atoms with van der Waals surface area (Å²) >= 11 is 0. The van der Waals surface area contributed by atoms with E-state index in [2.05, 4.69) is 5.32 Å². The lowest BCUT2D eigenvalue weighted by Crippen LogP contribution is -2.48. The molecule has 0 bridgehead atoms. The first-order valence-electron chi connectivity index (χ1n) is 5.94. The number of likely N-dealkylation sites (tertiary alicyclic amines) is 1. The molecule has 1 fully saturated rings. The molecule has 1 heterocycles. The topological polar surface area (TPSA) is 113 Å². The zero-order valence-electron chi connectivity index (χ0n) is 10.4. The second kappa shape index (κ2) is 6.34. The smallest absolute Gasteiger partial charge is 0.315 e. The second-order valence-corrected chi connectivity index (χ2v) is 4.59. The Morgan fingerprint density at radius 2 is 1.94 bits per heavy atom. The Balaban J connectivity index is 2.33. The lowest BCUT2D eigenvalue weighted by molar-refractivity contribution is -0.146. The Morgan fingerprint density at radius 1 is 1.39 bits per heavy atom. The first kappa shape index (κ1) is 14.4. The van der Waals surface area contributed by atoms with Crippen molar-refractivity contribution in [2.75, 3.05) is 19.6 Å². The number of rotatable bonds is 5. The van der Waals surface area contributed by atoms with Gasteiger partial charge in [0.15, 0.2) is 0 Å². The Labute approximate surface area is 105 Å². The summed E-state index contributed by atoms with van der Waals surface area (Å²) in [6, 6.07) is -0.0246. The van der Waals surface area contributed by atoms with E-state index < -0.39 is 17.8 Å². The second-order valence-electron chi connectivity index (χ2n) is 4.59. The van der Waals surface area contributed by atoms with E-state index in [1.807, 2.05) is 4.90 Å². The summed E-state index contributed by atoms with van der Waals surface area (Å²) in [6.07, 6.45) is 1.40. The summed E-state index contributed by atoms with van der Waals surface area (Å²) in [5.41, 5.74) is 5.10. The Kier molecular flexibility index (Phi) is 5.08. The molecule has 0 aromatic carbocycles. The van der Waals surface area contributed by atoms with Crippen LogP contribution in [0.2, 0.25) is 0 Å². The van der Waals surface area contributed by atoms with E-state index in [1.54, 1.807) is 0 Å². The predicted octanol–water partition coefficient (Wildman–Crippen LogP) is -1.23. The molecule has 1 aliphatic rings. The molecule has 7 nitrogen and oxygen atoms in total. The van der Waals surface area contributed by atoms with E-state index >= 15 is 0 Å². The average Bonchev–Trinajstić information content (AvgIpc) is 2.29. The van der Waals surface area contributed by atoms with E-state index in [1.165, 1.54) is 6.92 Å². The lowest BCUT2D eigenvalue weighted by atomic mass is 10.0. The molecular formula is C11H19N3O4. The molecule has 0 aromatic rings. The highest BCUT2D eigenvalue weighted by molar-refractivity contribution is 5.96. The highest BCUT2D eigenvalue weighted by Crippen LogP contribution is 2.10. The quantitative estimate of drug-likeness (QED) is 0.534. The molecule has 7 heteroatoms. The molecular weight excluding hydrogens is 238 g/mol. The van der Waals surface area contributed by atoms with E-state index in [0.29, 0.717) is 25.9 Å². The summed E-state index contributed by atoms with van der Waals surface area (Å²) in [4.78, 5) is 34.8. The predicted molar refractivity (Wildman–Crippen MR) is 63.6 cm³/mol. The van der Waals surface area contributed by atoms with E-state index in [4.69, 9.17) is 10.8 Å². The van der Waals surface area contributed by atoms with Crippen molar-refractivity contribution in [3.05, 3.63) is 0 Å². The zero-order valence-corrected chi connectivity index (χ0v) is 10.4. The van der Waals surface area contributed by atoms with Crippen LogP contribution >= 0.6 is 0 Å². The summed E-state index contributed by atoms with van der Waals surface area (Å²) < 4.78 is 0. The molecule has 2 amide bonds. The number of amides is 2. The van der Waals surface area contributed by atoms with Gasteiger partial charge in [-0.25, -0.2) is 0 Å². The fourth-order valence-corrected chi connectivity index (χ4v) is 1.89. The number of nitrogens with two attached hydrogens (primary N) is 1. The number of carboxylic acids is 1. The standard InChI is InChI=1S/C11H19N3O4/c1-7(11(17)18)10(16)13-8-2-4-14(5-3-8)6-9(12)15/h7-8H,2-6H2,1H3,(H2,12,15)(H,13,16)(H,17,18). The molecule has 1 saturated heterocycles. The number of nitrogens with one attached hydrogen (secondary N) is 1. The Hall–Kier alpha value is -1.63. The average molecular weight is 257 g/mol. The molecule has 0 saturated carbocycles. The highest BCUT2D eigenvalue weighted by atomic mass is 16.4. The highest BCUT2D eigenvalue weighted by Gasteiger charge is 2.26. The number of primary amides is 1. The van der Waals surface area contributed by atoms with Gasteiger partial charge in [-0.05, 0) is 19.8 Å². The molecule has 0 spiro atoms. The van der Waals surface area contributed by atoms with E-state index in [9.17, 15) is 14.4 Å². The van der Waals surface area contributed by atoms with Gasteiger partial charge in [0.25, 0.3) is 0 Å². The van der Waals surface area contributed by atoms with Crippen LogP contribution in [0.5, 0.6) is 0 Å². The van der Waals surface area contributed by atoms with Gasteiger partial charge >= 0.3 is 5.97 Å². The van der Waals surface area contributed by atoms with E-state index in [-0.39, 0.29) is 18.5 Å². The summed E-state index contributed by atoms with van der Waals surface area (Å²) in [6.45, 7) is 2.94. The molecule has 1 atom stereocenters. The van der Waals surface area contributed by atoms with Gasteiger partial charge in [0.2, 0.25) is 11.8 Å². The first-order valence-corrected chi connectivity index (χ1v) is 5.94. The van der Waals surface area contributed by atoms with Gasteiger partial charge in [-0.15, -0.1) is 0 Å². The minimum Gasteiger partial charge on any atom is -0.481 e. The van der Waals surface area contributed by atoms with Crippen molar-refractivity contribution in [1.82, 2.24) is 10.2 Å². The van der Waals surface area contributed by atoms with Crippen molar-refractivity contribution >= 4 is 17.8 Å². The van der Waals surface area contributed by atoms with Gasteiger partial charge in [-0.3, -0.25) is 19.3 Å². The summed E-state index contributed by atoms with van der Waals surface area (Å²) in [5.74, 6) is -2.99. The van der Waals surface area contributed by atoms with Crippen molar-refractivity contribution in [1.29, 1.82) is 0 Å². The van der Waals surface area contributed by atoms with Gasteiger partial charge in [0, 0.05) is 19.1 Å². The maximum absolute atomic E-state index is 11.5. The maximum atomic E-state index is 11.5. The van der Waals surface area contributed by atoms with Crippen LogP contribution in [-0.2, 0) is 14.4 Å². The molecule has 0 aromatic heterocycles. The zero-order chi connectivity index (χ0) is 13.7. The fraction of sp³-hybridized carbons (Fsp3) is 0.727. The van der Waals surface area contributed by atoms with Crippen molar-refractivity contribution < 1.29 is 19.5 Å². The van der Waals surface area contributed by atoms with Gasteiger partial charge in [-0.2, -0.15) is 0 Å². The Bertz CT molecular complexity index is 337. The number of hydrogen-bond acceptors (Lipinski definition) is 4. The third kappa shape index (κ3) is 4.33. The van der Waals surface area contributed by atoms with E-state index in [0.717, 1.165) is 0 Å². The van der Waals surface area contributed by atoms with Crippen molar-refractivity contribution in [3.8, 4) is 0 Å². The molecule has 4 N–H and O–H groups in total. The SMILES string of the molecule is CC(C(=O)O)C(=O)NC1CCN(CC(N)=O)CC1. The number of carbonyl (C=O) groups excluding carboxylic acids is 2. The van der Waals surface area contributed by atoms with Crippen LogP contribution in [0, 0.1) is 5.92 Å². The molecule has 1 aliphatic heterocycles. The minimum atomic E-state index is -1.13. The van der Waals surface area contributed by atoms with Crippen LogP contribution in [0.4, 0.5) is 0 Å². The number of carbonyl (C=O) groups is 3.